The van der Waals surface area contributed by atoms with Gasteiger partial charge < -0.3 is 29.5 Å². The third-order valence-electron chi connectivity index (χ3n) is 8.79. The molecule has 11 nitrogen and oxygen atoms in total. The molecule has 1 atom stereocenters. The highest BCUT2D eigenvalue weighted by Crippen LogP contribution is 2.38. The molecule has 2 amide bonds. The summed E-state index contributed by atoms with van der Waals surface area (Å²) in [6.07, 6.45) is 3.32. The molecule has 0 bridgehead atoms. The number of anilines is 2. The largest absolute Gasteiger partial charge is 0.461 e. The van der Waals surface area contributed by atoms with Gasteiger partial charge in [-0.05, 0) is 57.6 Å². The highest BCUT2D eigenvalue weighted by Gasteiger charge is 2.46. The van der Waals surface area contributed by atoms with E-state index in [2.05, 4.69) is 64.2 Å². The normalized spacial score (nSPS) is 18.7. The number of nitrogens with zero attached hydrogens (tertiary/aromatic N) is 6. The van der Waals surface area contributed by atoms with Gasteiger partial charge in [0.1, 0.15) is 18.0 Å². The fraction of sp³-hybridized carbons (Fsp3) is 0.457. The van der Waals surface area contributed by atoms with E-state index in [9.17, 15) is 14.9 Å². The second-order valence-corrected chi connectivity index (χ2v) is 13.3. The van der Waals surface area contributed by atoms with E-state index in [1.165, 1.54) is 16.8 Å². The molecule has 1 N–H and O–H groups in total. The van der Waals surface area contributed by atoms with Gasteiger partial charge in [0, 0.05) is 42.8 Å². The van der Waals surface area contributed by atoms with Gasteiger partial charge in [-0.2, -0.15) is 15.2 Å². The third-order valence-corrected chi connectivity index (χ3v) is 8.79. The van der Waals surface area contributed by atoms with Gasteiger partial charge in [-0.15, -0.1) is 0 Å². The van der Waals surface area contributed by atoms with E-state index in [1.54, 1.807) is 4.90 Å². The molecule has 0 radical (unpaired) electrons. The molecule has 6 rings (SSSR count). The molecule has 3 aliphatic rings. The maximum atomic E-state index is 12.6. The first-order chi connectivity index (χ1) is 22.1. The van der Waals surface area contributed by atoms with Crippen molar-refractivity contribution < 1.29 is 19.1 Å². The summed E-state index contributed by atoms with van der Waals surface area (Å²) in [4.78, 5) is 41.2. The van der Waals surface area contributed by atoms with Crippen LogP contribution < -0.4 is 19.9 Å². The Bertz CT molecular complexity index is 1690. The lowest BCUT2D eigenvalue weighted by atomic mass is 10.0. The summed E-state index contributed by atoms with van der Waals surface area (Å²) >= 11 is 0. The molecule has 2 fully saturated rings. The molecule has 240 valence electrons. The van der Waals surface area contributed by atoms with Gasteiger partial charge in [0.25, 0.3) is 0 Å². The maximum Gasteiger partial charge on any atom is 0.408 e. The van der Waals surface area contributed by atoms with Crippen LogP contribution in [0.2, 0.25) is 0 Å². The minimum atomic E-state index is -0.600. The molecule has 11 heteroatoms. The Hall–Kier alpha value is -4.85. The molecule has 1 aliphatic carbocycles. The second-order valence-electron chi connectivity index (χ2n) is 13.3. The Morgan fingerprint density at radius 2 is 1.89 bits per heavy atom. The van der Waals surface area contributed by atoms with E-state index >= 15 is 0 Å². The number of amides is 2. The molecule has 46 heavy (non-hydrogen) atoms. The van der Waals surface area contributed by atoms with Crippen LogP contribution in [-0.2, 0) is 22.5 Å². The Morgan fingerprint density at radius 1 is 1.11 bits per heavy atom. The van der Waals surface area contributed by atoms with Crippen LogP contribution in [0.4, 0.5) is 16.3 Å². The van der Waals surface area contributed by atoms with Gasteiger partial charge in [-0.1, -0.05) is 43.0 Å². The van der Waals surface area contributed by atoms with Gasteiger partial charge in [-0.3, -0.25) is 4.79 Å². The number of carbonyl (C=O) groups excluding carboxylic acids is 2. The van der Waals surface area contributed by atoms with Crippen molar-refractivity contribution in [2.75, 3.05) is 42.6 Å². The van der Waals surface area contributed by atoms with E-state index in [0.29, 0.717) is 26.2 Å². The first kappa shape index (κ1) is 31.1. The Morgan fingerprint density at radius 3 is 2.63 bits per heavy atom. The molecule has 3 heterocycles. The predicted octanol–water partition coefficient (Wildman–Crippen LogP) is 4.75. The van der Waals surface area contributed by atoms with Crippen LogP contribution >= 0.6 is 0 Å². The molecular weight excluding hydrogens is 582 g/mol. The standard InChI is InChI=1S/C35H41N7O4/c1-5-30(43)42-20-19-41(21-25(42)13-17-36)31-27-14-18-40(29-12-8-10-24-9-6-7-11-26(24)29)22-28(27)37-32(38-31)45-23-35(15-16-35)39-33(44)46-34(2,3)4/h5-12,25H,1,13-16,18-23H2,2-4H3,(H,39,44)/t25-/m0/s1. The molecule has 2 aliphatic heterocycles. The molecule has 1 saturated heterocycles. The van der Waals surface area contributed by atoms with Crippen LogP contribution in [-0.4, -0.2) is 76.8 Å². The third kappa shape index (κ3) is 6.71. The Labute approximate surface area is 269 Å². The molecule has 3 aromatic rings. The zero-order valence-corrected chi connectivity index (χ0v) is 26.8. The Balaban J connectivity index is 1.29. The van der Waals surface area contributed by atoms with Crippen molar-refractivity contribution in [1.29, 1.82) is 5.26 Å². The van der Waals surface area contributed by atoms with E-state index in [1.807, 2.05) is 26.8 Å². The van der Waals surface area contributed by atoms with Crippen LogP contribution in [0.5, 0.6) is 6.01 Å². The van der Waals surface area contributed by atoms with Crippen LogP contribution in [0.3, 0.4) is 0 Å². The summed E-state index contributed by atoms with van der Waals surface area (Å²) in [6.45, 7) is 12.2. The number of hydrogen-bond acceptors (Lipinski definition) is 9. The number of nitriles is 1. The maximum absolute atomic E-state index is 12.6. The quantitative estimate of drug-likeness (QED) is 0.354. The number of alkyl carbamates (subject to hydrolysis) is 1. The summed E-state index contributed by atoms with van der Waals surface area (Å²) in [7, 11) is 0. The number of ether oxygens (including phenoxy) is 2. The van der Waals surface area contributed by atoms with Crippen molar-refractivity contribution in [1.82, 2.24) is 20.2 Å². The van der Waals surface area contributed by atoms with Crippen LogP contribution in [0.1, 0.15) is 51.3 Å². The van der Waals surface area contributed by atoms with E-state index < -0.39 is 17.2 Å². The number of hydrogen-bond donors (Lipinski definition) is 1. The van der Waals surface area contributed by atoms with Gasteiger partial charge in [0.2, 0.25) is 5.91 Å². The van der Waals surface area contributed by atoms with Gasteiger partial charge in [-0.25, -0.2) is 4.79 Å². The smallest absolute Gasteiger partial charge is 0.408 e. The van der Waals surface area contributed by atoms with Gasteiger partial charge in [0.15, 0.2) is 0 Å². The first-order valence-electron chi connectivity index (χ1n) is 15.9. The topological polar surface area (TPSA) is 124 Å². The summed E-state index contributed by atoms with van der Waals surface area (Å²) < 4.78 is 11.7. The van der Waals surface area contributed by atoms with Crippen molar-refractivity contribution in [3.05, 3.63) is 66.4 Å². The second kappa shape index (κ2) is 12.5. The fourth-order valence-electron chi connectivity index (χ4n) is 6.32. The number of benzene rings is 2. The van der Waals surface area contributed by atoms with Crippen LogP contribution in [0.25, 0.3) is 10.8 Å². The summed E-state index contributed by atoms with van der Waals surface area (Å²) in [6, 6.07) is 16.9. The molecule has 1 aromatic heterocycles. The highest BCUT2D eigenvalue weighted by molar-refractivity contribution is 5.94. The van der Waals surface area contributed by atoms with Crippen molar-refractivity contribution in [2.45, 2.75) is 70.2 Å². The molecule has 1 saturated carbocycles. The monoisotopic (exact) mass is 623 g/mol. The van der Waals surface area contributed by atoms with Crippen LogP contribution in [0.15, 0.2) is 55.1 Å². The van der Waals surface area contributed by atoms with Gasteiger partial charge in [0.05, 0.1) is 36.3 Å². The number of nitrogens with one attached hydrogen (secondary N) is 1. The average Bonchev–Trinajstić information content (AvgIpc) is 3.80. The fourth-order valence-corrected chi connectivity index (χ4v) is 6.32. The lowest BCUT2D eigenvalue weighted by Crippen LogP contribution is -2.55. The zero-order chi connectivity index (χ0) is 32.5. The number of fused-ring (bicyclic) bond motifs is 2. The summed E-state index contributed by atoms with van der Waals surface area (Å²) in [5.74, 6) is 0.600. The van der Waals surface area contributed by atoms with Crippen molar-refractivity contribution in [3.63, 3.8) is 0 Å². The molecule has 0 spiro atoms. The molecule has 2 aromatic carbocycles. The predicted molar refractivity (Wildman–Crippen MR) is 176 cm³/mol. The zero-order valence-electron chi connectivity index (χ0n) is 26.8. The van der Waals surface area contributed by atoms with Crippen molar-refractivity contribution in [2.24, 2.45) is 0 Å². The van der Waals surface area contributed by atoms with Crippen LogP contribution in [0, 0.1) is 11.3 Å². The van der Waals surface area contributed by atoms with E-state index in [-0.39, 0.29) is 31.0 Å². The summed E-state index contributed by atoms with van der Waals surface area (Å²) in [5.41, 5.74) is 1.96. The molecular formula is C35H41N7O4. The number of carbonyl (C=O) groups is 2. The highest BCUT2D eigenvalue weighted by atomic mass is 16.6. The SMILES string of the molecule is C=CC(=O)N1CCN(c2nc(OCC3(NC(=O)OC(C)(C)C)CC3)nc3c2CCN(c2cccc4ccccc24)C3)C[C@@H]1CC#N. The van der Waals surface area contributed by atoms with Crippen molar-refractivity contribution >= 4 is 34.3 Å². The Kier molecular flexibility index (Phi) is 8.47. The average molecular weight is 624 g/mol. The lowest BCUT2D eigenvalue weighted by molar-refractivity contribution is -0.128. The number of rotatable bonds is 8. The van der Waals surface area contributed by atoms with E-state index in [4.69, 9.17) is 19.4 Å². The minimum absolute atomic E-state index is 0.174. The number of piperazine rings is 1. The minimum Gasteiger partial charge on any atom is -0.461 e. The lowest BCUT2D eigenvalue weighted by Gasteiger charge is -2.42. The number of aromatic nitrogens is 2. The van der Waals surface area contributed by atoms with Gasteiger partial charge >= 0.3 is 12.1 Å². The molecule has 0 unspecified atom stereocenters. The summed E-state index contributed by atoms with van der Waals surface area (Å²) in [5, 5.41) is 14.9. The first-order valence-corrected chi connectivity index (χ1v) is 15.9. The van der Waals surface area contributed by atoms with E-state index in [0.717, 1.165) is 48.6 Å². The van der Waals surface area contributed by atoms with Crippen molar-refractivity contribution in [3.8, 4) is 12.1 Å².